The van der Waals surface area contributed by atoms with Crippen LogP contribution in [0.1, 0.15) is 38.3 Å². The summed E-state index contributed by atoms with van der Waals surface area (Å²) in [4.78, 5) is 9.92. The molecule has 0 amide bonds. The van der Waals surface area contributed by atoms with Crippen molar-refractivity contribution in [3.05, 3.63) is 35.4 Å². The number of morpholine rings is 1. The van der Waals surface area contributed by atoms with Gasteiger partial charge in [0.2, 0.25) is 0 Å². The smallest absolute Gasteiger partial charge is 0.191 e. The third-order valence-electron chi connectivity index (χ3n) is 5.99. The molecule has 1 fully saturated rings. The molecule has 3 rings (SSSR count). The number of nitrogens with one attached hydrogen (secondary N) is 2. The number of hydrogen-bond donors (Lipinski definition) is 2. The average molecular weight is 530 g/mol. The minimum Gasteiger partial charge on any atom is -0.379 e. The Labute approximate surface area is 199 Å². The van der Waals surface area contributed by atoms with E-state index in [9.17, 15) is 0 Å². The van der Waals surface area contributed by atoms with Gasteiger partial charge in [0.25, 0.3) is 0 Å². The van der Waals surface area contributed by atoms with Gasteiger partial charge in [-0.15, -0.1) is 24.0 Å². The minimum absolute atomic E-state index is 0. The van der Waals surface area contributed by atoms with Gasteiger partial charge in [-0.1, -0.05) is 24.3 Å². The van der Waals surface area contributed by atoms with E-state index in [1.807, 2.05) is 0 Å². The van der Waals surface area contributed by atoms with Crippen molar-refractivity contribution < 1.29 is 4.74 Å². The van der Waals surface area contributed by atoms with E-state index in [1.165, 1.54) is 24.1 Å². The largest absolute Gasteiger partial charge is 0.379 e. The van der Waals surface area contributed by atoms with E-state index in [-0.39, 0.29) is 29.5 Å². The van der Waals surface area contributed by atoms with Gasteiger partial charge in [-0.05, 0) is 44.7 Å². The van der Waals surface area contributed by atoms with Crippen molar-refractivity contribution in [2.24, 2.45) is 4.99 Å². The summed E-state index contributed by atoms with van der Waals surface area (Å²) in [5.74, 6) is 0.929. The molecule has 0 atom stereocenters. The standard InChI is InChI=1S/C23H39N5O.HI/c1-4-24-22(26-19-23(2,3)28-14-16-29-17-15-28)25-11-7-12-27-13-10-20-8-5-6-9-21(20)18-27;/h5-6,8-9H,4,7,10-19H2,1-3H3,(H2,24,25,26);1H. The van der Waals surface area contributed by atoms with Gasteiger partial charge in [0.15, 0.2) is 5.96 Å². The van der Waals surface area contributed by atoms with E-state index in [4.69, 9.17) is 9.73 Å². The zero-order chi connectivity index (χ0) is 20.5. The highest BCUT2D eigenvalue weighted by Crippen LogP contribution is 2.18. The normalized spacial score (nSPS) is 18.4. The number of hydrogen-bond acceptors (Lipinski definition) is 4. The predicted molar refractivity (Wildman–Crippen MR) is 136 cm³/mol. The second-order valence-electron chi connectivity index (χ2n) is 8.68. The first-order valence-electron chi connectivity index (χ1n) is 11.2. The van der Waals surface area contributed by atoms with E-state index < -0.39 is 0 Å². The van der Waals surface area contributed by atoms with Gasteiger partial charge >= 0.3 is 0 Å². The molecule has 2 aliphatic rings. The topological polar surface area (TPSA) is 52.1 Å². The Kier molecular flexibility index (Phi) is 10.8. The average Bonchev–Trinajstić information content (AvgIpc) is 2.75. The summed E-state index contributed by atoms with van der Waals surface area (Å²) in [6, 6.07) is 8.85. The molecule has 2 heterocycles. The van der Waals surface area contributed by atoms with Gasteiger partial charge in [-0.25, -0.2) is 0 Å². The summed E-state index contributed by atoms with van der Waals surface area (Å²) in [5, 5.41) is 6.92. The van der Waals surface area contributed by atoms with Gasteiger partial charge < -0.3 is 15.4 Å². The summed E-state index contributed by atoms with van der Waals surface area (Å²) in [5.41, 5.74) is 3.06. The highest BCUT2D eigenvalue weighted by Gasteiger charge is 2.28. The Balaban J connectivity index is 0.00000320. The molecule has 0 saturated carbocycles. The first kappa shape index (κ1) is 25.4. The SMILES string of the molecule is CCNC(=NCC(C)(C)N1CCOCC1)NCCCN1CCc2ccccc2C1.I. The molecular weight excluding hydrogens is 489 g/mol. The van der Waals surface area contributed by atoms with Crippen LogP contribution in [-0.2, 0) is 17.7 Å². The maximum Gasteiger partial charge on any atom is 0.191 e. The zero-order valence-corrected chi connectivity index (χ0v) is 21.3. The molecule has 30 heavy (non-hydrogen) atoms. The second-order valence-corrected chi connectivity index (χ2v) is 8.68. The van der Waals surface area contributed by atoms with Crippen LogP contribution in [-0.4, -0.2) is 80.3 Å². The third-order valence-corrected chi connectivity index (χ3v) is 5.99. The fraction of sp³-hybridized carbons (Fsp3) is 0.696. The summed E-state index contributed by atoms with van der Waals surface area (Å²) in [6.45, 7) is 16.3. The van der Waals surface area contributed by atoms with Gasteiger partial charge in [-0.2, -0.15) is 0 Å². The molecule has 0 spiro atoms. The number of aliphatic imine (C=N–C) groups is 1. The van der Waals surface area contributed by atoms with E-state index in [0.717, 1.165) is 71.4 Å². The van der Waals surface area contributed by atoms with Crippen LogP contribution in [0.25, 0.3) is 0 Å². The van der Waals surface area contributed by atoms with Crippen molar-refractivity contribution in [3.63, 3.8) is 0 Å². The molecule has 7 heteroatoms. The molecule has 6 nitrogen and oxygen atoms in total. The van der Waals surface area contributed by atoms with E-state index >= 15 is 0 Å². The molecular formula is C23H40IN5O. The fourth-order valence-corrected chi connectivity index (χ4v) is 4.14. The third kappa shape index (κ3) is 7.66. The Morgan fingerprint density at radius 2 is 1.83 bits per heavy atom. The molecule has 1 saturated heterocycles. The van der Waals surface area contributed by atoms with Crippen LogP contribution in [0.4, 0.5) is 0 Å². The Morgan fingerprint density at radius 1 is 1.10 bits per heavy atom. The van der Waals surface area contributed by atoms with Crippen molar-refractivity contribution in [1.82, 2.24) is 20.4 Å². The molecule has 170 valence electrons. The molecule has 0 unspecified atom stereocenters. The number of fused-ring (bicyclic) bond motifs is 1. The molecule has 1 aromatic rings. The van der Waals surface area contributed by atoms with E-state index in [2.05, 4.69) is 65.5 Å². The first-order chi connectivity index (χ1) is 14.1. The van der Waals surface area contributed by atoms with E-state index in [0.29, 0.717) is 0 Å². The van der Waals surface area contributed by atoms with Gasteiger partial charge in [0, 0.05) is 51.4 Å². The molecule has 0 radical (unpaired) electrons. The summed E-state index contributed by atoms with van der Waals surface area (Å²) >= 11 is 0. The number of halogens is 1. The lowest BCUT2D eigenvalue weighted by atomic mass is 10.00. The van der Waals surface area contributed by atoms with Crippen molar-refractivity contribution in [2.75, 3.05) is 59.0 Å². The number of rotatable bonds is 8. The number of ether oxygens (including phenoxy) is 1. The highest BCUT2D eigenvalue weighted by molar-refractivity contribution is 14.0. The van der Waals surface area contributed by atoms with Crippen LogP contribution in [0.5, 0.6) is 0 Å². The van der Waals surface area contributed by atoms with Crippen molar-refractivity contribution in [1.29, 1.82) is 0 Å². The molecule has 2 N–H and O–H groups in total. The highest BCUT2D eigenvalue weighted by atomic mass is 127. The minimum atomic E-state index is 0. The first-order valence-corrected chi connectivity index (χ1v) is 11.2. The number of benzene rings is 1. The van der Waals surface area contributed by atoms with Crippen LogP contribution in [0.3, 0.4) is 0 Å². The maximum absolute atomic E-state index is 5.49. The molecule has 2 aliphatic heterocycles. The van der Waals surface area contributed by atoms with Crippen molar-refractivity contribution >= 4 is 29.9 Å². The quantitative estimate of drug-likeness (QED) is 0.235. The van der Waals surface area contributed by atoms with Crippen molar-refractivity contribution in [2.45, 2.75) is 45.7 Å². The zero-order valence-electron chi connectivity index (χ0n) is 19.0. The van der Waals surface area contributed by atoms with Crippen LogP contribution in [0, 0.1) is 0 Å². The molecule has 1 aromatic carbocycles. The second kappa shape index (κ2) is 12.8. The lowest BCUT2D eigenvalue weighted by Crippen LogP contribution is -2.52. The fourth-order valence-electron chi connectivity index (χ4n) is 4.14. The predicted octanol–water partition coefficient (Wildman–Crippen LogP) is 2.72. The molecule has 0 bridgehead atoms. The van der Waals surface area contributed by atoms with Crippen molar-refractivity contribution in [3.8, 4) is 0 Å². The number of guanidine groups is 1. The Morgan fingerprint density at radius 3 is 2.57 bits per heavy atom. The van der Waals surface area contributed by atoms with Gasteiger partial charge in [0.1, 0.15) is 0 Å². The Bertz CT molecular complexity index is 661. The maximum atomic E-state index is 5.49. The Hall–Kier alpha value is -0.900. The molecule has 0 aliphatic carbocycles. The van der Waals surface area contributed by atoms with Crippen LogP contribution < -0.4 is 10.6 Å². The van der Waals surface area contributed by atoms with Crippen LogP contribution >= 0.6 is 24.0 Å². The van der Waals surface area contributed by atoms with E-state index in [1.54, 1.807) is 0 Å². The summed E-state index contributed by atoms with van der Waals surface area (Å²) < 4.78 is 5.49. The van der Waals surface area contributed by atoms with Crippen LogP contribution in [0.15, 0.2) is 29.3 Å². The summed E-state index contributed by atoms with van der Waals surface area (Å²) in [7, 11) is 0. The van der Waals surface area contributed by atoms with Gasteiger partial charge in [0.05, 0.1) is 19.8 Å². The number of nitrogens with zero attached hydrogens (tertiary/aromatic N) is 3. The van der Waals surface area contributed by atoms with Gasteiger partial charge in [-0.3, -0.25) is 14.8 Å². The lowest BCUT2D eigenvalue weighted by Gasteiger charge is -2.39. The lowest BCUT2D eigenvalue weighted by molar-refractivity contribution is -0.00683. The summed E-state index contributed by atoms with van der Waals surface area (Å²) in [6.07, 6.45) is 2.30. The van der Waals surface area contributed by atoms with Crippen LogP contribution in [0.2, 0.25) is 0 Å². The monoisotopic (exact) mass is 529 g/mol. The molecule has 0 aromatic heterocycles.